The molecular formula is C13H18N2O3S. The van der Waals surface area contributed by atoms with Crippen LogP contribution in [0.4, 0.5) is 0 Å². The zero-order valence-electron chi connectivity index (χ0n) is 10.9. The molecule has 5 nitrogen and oxygen atoms in total. The van der Waals surface area contributed by atoms with E-state index < -0.39 is 10.0 Å². The first-order valence-corrected chi connectivity index (χ1v) is 8.14. The summed E-state index contributed by atoms with van der Waals surface area (Å²) in [6.45, 7) is 2.99. The fraction of sp³-hybridized carbons (Fsp3) is 0.615. The molecule has 0 bridgehead atoms. The zero-order valence-corrected chi connectivity index (χ0v) is 11.8. The molecule has 2 fully saturated rings. The summed E-state index contributed by atoms with van der Waals surface area (Å²) >= 11 is 0. The van der Waals surface area contributed by atoms with Gasteiger partial charge in [0, 0.05) is 18.8 Å². The first-order valence-electron chi connectivity index (χ1n) is 6.64. The van der Waals surface area contributed by atoms with E-state index >= 15 is 0 Å². The summed E-state index contributed by atoms with van der Waals surface area (Å²) in [7, 11) is -3.06. The normalized spacial score (nSPS) is 24.6. The molecule has 104 valence electrons. The third kappa shape index (κ3) is 2.74. The monoisotopic (exact) mass is 282 g/mol. The number of hydrogen-bond acceptors (Lipinski definition) is 4. The van der Waals surface area contributed by atoms with Gasteiger partial charge < -0.3 is 4.74 Å². The highest BCUT2D eigenvalue weighted by molar-refractivity contribution is 7.90. The number of aromatic nitrogens is 1. The van der Waals surface area contributed by atoms with Gasteiger partial charge in [-0.3, -0.25) is 0 Å². The van der Waals surface area contributed by atoms with Gasteiger partial charge in [-0.15, -0.1) is 0 Å². The number of aryl methyl sites for hydroxylation is 1. The molecule has 3 rings (SSSR count). The minimum Gasteiger partial charge on any atom is -0.473 e. The molecule has 19 heavy (non-hydrogen) atoms. The van der Waals surface area contributed by atoms with Crippen LogP contribution in [0, 0.1) is 6.92 Å². The van der Waals surface area contributed by atoms with Crippen LogP contribution in [0.15, 0.2) is 18.3 Å². The van der Waals surface area contributed by atoms with Gasteiger partial charge in [-0.05, 0) is 31.7 Å². The van der Waals surface area contributed by atoms with Crippen molar-refractivity contribution in [2.75, 3.05) is 13.1 Å². The van der Waals surface area contributed by atoms with Crippen molar-refractivity contribution in [1.29, 1.82) is 0 Å². The lowest BCUT2D eigenvalue weighted by Crippen LogP contribution is -2.33. The standard InChI is InChI=1S/C13H18N2O3S/c1-10-2-5-13(14-8-10)18-11-6-7-15(9-11)19(16,17)12-3-4-12/h2,5,8,11-12H,3-4,6-7,9H2,1H3/t11-/m0/s1. The molecule has 0 aromatic carbocycles. The fourth-order valence-corrected chi connectivity index (χ4v) is 4.18. The van der Waals surface area contributed by atoms with Gasteiger partial charge in [0.2, 0.25) is 15.9 Å². The third-order valence-electron chi connectivity index (χ3n) is 3.58. The highest BCUT2D eigenvalue weighted by Gasteiger charge is 2.43. The first kappa shape index (κ1) is 12.9. The number of ether oxygens (including phenoxy) is 1. The Morgan fingerprint density at radius 2 is 2.11 bits per heavy atom. The van der Waals surface area contributed by atoms with Crippen molar-refractivity contribution >= 4 is 10.0 Å². The maximum Gasteiger partial charge on any atom is 0.217 e. The van der Waals surface area contributed by atoms with Crippen LogP contribution in [0.3, 0.4) is 0 Å². The Morgan fingerprint density at radius 3 is 2.74 bits per heavy atom. The molecule has 1 aliphatic heterocycles. The van der Waals surface area contributed by atoms with Crippen molar-refractivity contribution in [3.05, 3.63) is 23.9 Å². The maximum atomic E-state index is 12.1. The lowest BCUT2D eigenvalue weighted by Gasteiger charge is -2.16. The van der Waals surface area contributed by atoms with Gasteiger partial charge in [0.1, 0.15) is 6.10 Å². The number of sulfonamides is 1. The molecule has 1 aliphatic carbocycles. The molecule has 0 spiro atoms. The molecule has 2 heterocycles. The summed E-state index contributed by atoms with van der Waals surface area (Å²) in [6, 6.07) is 3.77. The molecule has 0 amide bonds. The lowest BCUT2D eigenvalue weighted by molar-refractivity contribution is 0.207. The van der Waals surface area contributed by atoms with Crippen LogP contribution >= 0.6 is 0 Å². The van der Waals surface area contributed by atoms with E-state index in [0.29, 0.717) is 19.0 Å². The second kappa shape index (κ2) is 4.76. The van der Waals surface area contributed by atoms with Crippen LogP contribution in [0.1, 0.15) is 24.8 Å². The first-order chi connectivity index (χ1) is 9.05. The Hall–Kier alpha value is -1.14. The van der Waals surface area contributed by atoms with Crippen molar-refractivity contribution in [1.82, 2.24) is 9.29 Å². The molecule has 1 saturated heterocycles. The lowest BCUT2D eigenvalue weighted by atomic mass is 10.3. The average molecular weight is 282 g/mol. The van der Waals surface area contributed by atoms with Crippen LogP contribution in [0.25, 0.3) is 0 Å². The predicted molar refractivity (Wildman–Crippen MR) is 71.5 cm³/mol. The van der Waals surface area contributed by atoms with E-state index in [9.17, 15) is 8.42 Å². The molecular weight excluding hydrogens is 264 g/mol. The van der Waals surface area contributed by atoms with E-state index in [2.05, 4.69) is 4.98 Å². The number of pyridine rings is 1. The highest BCUT2D eigenvalue weighted by atomic mass is 32.2. The Kier molecular flexibility index (Phi) is 3.22. The summed E-state index contributed by atoms with van der Waals surface area (Å²) in [5.74, 6) is 0.571. The minimum atomic E-state index is -3.06. The summed E-state index contributed by atoms with van der Waals surface area (Å²) in [5, 5.41) is -0.135. The second-order valence-corrected chi connectivity index (χ2v) is 7.52. The van der Waals surface area contributed by atoms with E-state index in [0.717, 1.165) is 24.8 Å². The SMILES string of the molecule is Cc1ccc(O[C@H]2CCN(S(=O)(=O)C3CC3)C2)nc1. The quantitative estimate of drug-likeness (QED) is 0.836. The Labute approximate surface area is 113 Å². The van der Waals surface area contributed by atoms with Crippen LogP contribution in [-0.2, 0) is 10.0 Å². The molecule has 1 aromatic rings. The van der Waals surface area contributed by atoms with E-state index in [1.807, 2.05) is 19.1 Å². The third-order valence-corrected chi connectivity index (χ3v) is 5.95. The van der Waals surface area contributed by atoms with Crippen LogP contribution in [0.5, 0.6) is 5.88 Å². The maximum absolute atomic E-state index is 12.1. The number of nitrogens with zero attached hydrogens (tertiary/aromatic N) is 2. The van der Waals surface area contributed by atoms with E-state index in [1.54, 1.807) is 10.5 Å². The van der Waals surface area contributed by atoms with Gasteiger partial charge in [0.25, 0.3) is 0 Å². The van der Waals surface area contributed by atoms with Crippen molar-refractivity contribution in [2.24, 2.45) is 0 Å². The van der Waals surface area contributed by atoms with Gasteiger partial charge in [-0.2, -0.15) is 4.31 Å². The highest BCUT2D eigenvalue weighted by Crippen LogP contribution is 2.33. The summed E-state index contributed by atoms with van der Waals surface area (Å²) < 4.78 is 31.5. The number of hydrogen-bond donors (Lipinski definition) is 0. The molecule has 0 unspecified atom stereocenters. The van der Waals surface area contributed by atoms with Crippen molar-refractivity contribution in [2.45, 2.75) is 37.5 Å². The van der Waals surface area contributed by atoms with Crippen LogP contribution in [0.2, 0.25) is 0 Å². The molecule has 0 radical (unpaired) electrons. The zero-order chi connectivity index (χ0) is 13.5. The Balaban J connectivity index is 1.61. The van der Waals surface area contributed by atoms with Crippen LogP contribution < -0.4 is 4.74 Å². The molecule has 1 saturated carbocycles. The van der Waals surface area contributed by atoms with Gasteiger partial charge in [-0.1, -0.05) is 6.07 Å². The van der Waals surface area contributed by atoms with Gasteiger partial charge in [-0.25, -0.2) is 13.4 Å². The minimum absolute atomic E-state index is 0.0799. The van der Waals surface area contributed by atoms with E-state index in [4.69, 9.17) is 4.74 Å². The summed E-state index contributed by atoms with van der Waals surface area (Å²) in [4.78, 5) is 4.19. The summed E-state index contributed by atoms with van der Waals surface area (Å²) in [5.41, 5.74) is 1.08. The second-order valence-electron chi connectivity index (χ2n) is 5.30. The van der Waals surface area contributed by atoms with E-state index in [-0.39, 0.29) is 11.4 Å². The van der Waals surface area contributed by atoms with Gasteiger partial charge in [0.05, 0.1) is 11.8 Å². The smallest absolute Gasteiger partial charge is 0.217 e. The Bertz CT molecular complexity index is 552. The molecule has 0 N–H and O–H groups in total. The predicted octanol–water partition coefficient (Wildman–Crippen LogP) is 1.34. The average Bonchev–Trinajstić information content (AvgIpc) is 3.14. The van der Waals surface area contributed by atoms with Crippen molar-refractivity contribution in [3.63, 3.8) is 0 Å². The van der Waals surface area contributed by atoms with Gasteiger partial charge in [0.15, 0.2) is 0 Å². The molecule has 6 heteroatoms. The topological polar surface area (TPSA) is 59.5 Å². The van der Waals surface area contributed by atoms with Crippen molar-refractivity contribution in [3.8, 4) is 5.88 Å². The van der Waals surface area contributed by atoms with Crippen LogP contribution in [-0.4, -0.2) is 42.2 Å². The largest absolute Gasteiger partial charge is 0.473 e. The molecule has 1 atom stereocenters. The van der Waals surface area contributed by atoms with Gasteiger partial charge >= 0.3 is 0 Å². The fourth-order valence-electron chi connectivity index (χ4n) is 2.30. The van der Waals surface area contributed by atoms with Crippen molar-refractivity contribution < 1.29 is 13.2 Å². The van der Waals surface area contributed by atoms with E-state index in [1.165, 1.54) is 0 Å². The molecule has 1 aromatic heterocycles. The Morgan fingerprint density at radius 1 is 1.32 bits per heavy atom. The summed E-state index contributed by atoms with van der Waals surface area (Å²) in [6.07, 6.45) is 4.03. The molecule has 2 aliphatic rings. The number of rotatable bonds is 4.